The summed E-state index contributed by atoms with van der Waals surface area (Å²) in [4.78, 5) is 14.8. The van der Waals surface area contributed by atoms with Gasteiger partial charge in [-0.15, -0.1) is 0 Å². The maximum Gasteiger partial charge on any atom is 0.253 e. The average molecular weight is 366 g/mol. The molecule has 25 heavy (non-hydrogen) atoms. The Morgan fingerprint density at radius 1 is 1.12 bits per heavy atom. The lowest BCUT2D eigenvalue weighted by Crippen LogP contribution is -2.41. The highest BCUT2D eigenvalue weighted by atomic mass is 32.2. The minimum Gasteiger partial charge on any atom is -0.384 e. The zero-order chi connectivity index (χ0) is 17.9. The number of sulfonamides is 1. The van der Waals surface area contributed by atoms with Gasteiger partial charge >= 0.3 is 0 Å². The molecule has 0 aromatic heterocycles. The highest BCUT2D eigenvalue weighted by Crippen LogP contribution is 2.23. The van der Waals surface area contributed by atoms with Crippen LogP contribution in [0.2, 0.25) is 0 Å². The van der Waals surface area contributed by atoms with E-state index < -0.39 is 10.0 Å². The van der Waals surface area contributed by atoms with Crippen molar-refractivity contribution in [1.82, 2.24) is 9.21 Å². The molecule has 0 bridgehead atoms. The monoisotopic (exact) mass is 366 g/mol. The molecule has 0 N–H and O–H groups in total. The van der Waals surface area contributed by atoms with E-state index in [1.807, 2.05) is 4.90 Å². The molecule has 6 nitrogen and oxygen atoms in total. The van der Waals surface area contributed by atoms with E-state index in [9.17, 15) is 13.2 Å². The van der Waals surface area contributed by atoms with Gasteiger partial charge in [-0.25, -0.2) is 8.42 Å². The lowest BCUT2D eigenvalue weighted by Gasteiger charge is -2.32. The van der Waals surface area contributed by atoms with Gasteiger partial charge in [-0.2, -0.15) is 4.31 Å². The van der Waals surface area contributed by atoms with Gasteiger partial charge < -0.3 is 9.64 Å². The Morgan fingerprint density at radius 2 is 1.80 bits per heavy atom. The summed E-state index contributed by atoms with van der Waals surface area (Å²) in [6, 6.07) is 6.37. The van der Waals surface area contributed by atoms with Gasteiger partial charge in [-0.3, -0.25) is 4.79 Å². The van der Waals surface area contributed by atoms with Crippen molar-refractivity contribution in [3.63, 3.8) is 0 Å². The van der Waals surface area contributed by atoms with Crippen LogP contribution in [-0.2, 0) is 14.8 Å². The second-order valence-electron chi connectivity index (χ2n) is 6.85. The molecule has 1 aromatic carbocycles. The fraction of sp³-hybridized carbons (Fsp3) is 0.611. The summed E-state index contributed by atoms with van der Waals surface area (Å²) in [6.07, 6.45) is 3.87. The summed E-state index contributed by atoms with van der Waals surface area (Å²) in [6.45, 7) is 3.26. The number of amides is 1. The molecule has 0 spiro atoms. The number of hydrogen-bond acceptors (Lipinski definition) is 4. The van der Waals surface area contributed by atoms with Gasteiger partial charge in [-0.05, 0) is 55.9 Å². The number of piperidine rings is 1. The third kappa shape index (κ3) is 4.04. The van der Waals surface area contributed by atoms with Crippen molar-refractivity contribution in [2.75, 3.05) is 39.9 Å². The lowest BCUT2D eigenvalue weighted by molar-refractivity contribution is 0.0571. The molecule has 1 amide bonds. The van der Waals surface area contributed by atoms with Crippen molar-refractivity contribution >= 4 is 15.9 Å². The SMILES string of the molecule is COCC1CCCN(C(=O)c2ccc(S(=O)(=O)N3CCCC3)cc2)C1. The minimum atomic E-state index is -3.43. The zero-order valence-electron chi connectivity index (χ0n) is 14.7. The zero-order valence-corrected chi connectivity index (χ0v) is 15.5. The minimum absolute atomic E-state index is 0.0362. The molecular weight excluding hydrogens is 340 g/mol. The van der Waals surface area contributed by atoms with Gasteiger partial charge in [0.15, 0.2) is 0 Å². The summed E-state index contributed by atoms with van der Waals surface area (Å²) in [5.74, 6) is 0.337. The van der Waals surface area contributed by atoms with Gasteiger partial charge in [0.05, 0.1) is 11.5 Å². The Labute approximate surface area is 149 Å². The number of ether oxygens (including phenoxy) is 1. The van der Waals surface area contributed by atoms with E-state index in [1.54, 1.807) is 31.4 Å². The fourth-order valence-corrected chi connectivity index (χ4v) is 5.17. The first-order valence-electron chi connectivity index (χ1n) is 8.91. The first-order chi connectivity index (χ1) is 12.0. The maximum absolute atomic E-state index is 12.7. The first-order valence-corrected chi connectivity index (χ1v) is 10.3. The van der Waals surface area contributed by atoms with Gasteiger partial charge in [-0.1, -0.05) is 0 Å². The number of hydrogen-bond donors (Lipinski definition) is 0. The molecule has 1 atom stereocenters. The van der Waals surface area contributed by atoms with E-state index in [0.29, 0.717) is 37.7 Å². The van der Waals surface area contributed by atoms with Gasteiger partial charge in [0.2, 0.25) is 10.0 Å². The predicted octanol–water partition coefficient (Wildman–Crippen LogP) is 1.97. The normalized spacial score (nSPS) is 22.3. The predicted molar refractivity (Wildman–Crippen MR) is 94.9 cm³/mol. The fourth-order valence-electron chi connectivity index (χ4n) is 3.65. The second-order valence-corrected chi connectivity index (χ2v) is 8.79. The van der Waals surface area contributed by atoms with Crippen molar-refractivity contribution in [2.24, 2.45) is 5.92 Å². The third-order valence-electron chi connectivity index (χ3n) is 5.01. The first kappa shape index (κ1) is 18.4. The average Bonchev–Trinajstić information content (AvgIpc) is 3.17. The molecular formula is C18H26N2O4S. The summed E-state index contributed by atoms with van der Waals surface area (Å²) in [5.41, 5.74) is 0.540. The molecule has 1 unspecified atom stereocenters. The van der Waals surface area contributed by atoms with Gasteiger partial charge in [0.25, 0.3) is 5.91 Å². The topological polar surface area (TPSA) is 66.9 Å². The molecule has 138 valence electrons. The van der Waals surface area contributed by atoms with Crippen molar-refractivity contribution in [2.45, 2.75) is 30.6 Å². The summed E-state index contributed by atoms with van der Waals surface area (Å²) in [7, 11) is -1.75. The van der Waals surface area contributed by atoms with Crippen LogP contribution in [0.3, 0.4) is 0 Å². The van der Waals surface area contributed by atoms with E-state index >= 15 is 0 Å². The van der Waals surface area contributed by atoms with E-state index in [4.69, 9.17) is 4.74 Å². The summed E-state index contributed by atoms with van der Waals surface area (Å²) >= 11 is 0. The number of rotatable bonds is 5. The second kappa shape index (κ2) is 7.85. The van der Waals surface area contributed by atoms with E-state index in [1.165, 1.54) is 4.31 Å². The standard InChI is InChI=1S/C18H26N2O4S/c1-24-14-15-5-4-10-19(13-15)18(21)16-6-8-17(9-7-16)25(22,23)20-11-2-3-12-20/h6-9,15H,2-5,10-14H2,1H3. The van der Waals surface area contributed by atoms with Crippen LogP contribution >= 0.6 is 0 Å². The molecule has 2 aliphatic heterocycles. The van der Waals surface area contributed by atoms with Crippen molar-refractivity contribution in [3.05, 3.63) is 29.8 Å². The number of carbonyl (C=O) groups excluding carboxylic acids is 1. The molecule has 0 aliphatic carbocycles. The van der Waals surface area contributed by atoms with Crippen LogP contribution in [0.5, 0.6) is 0 Å². The third-order valence-corrected chi connectivity index (χ3v) is 6.93. The van der Waals surface area contributed by atoms with Crippen LogP contribution in [-0.4, -0.2) is 63.4 Å². The van der Waals surface area contributed by atoms with Crippen molar-refractivity contribution in [1.29, 1.82) is 0 Å². The molecule has 0 radical (unpaired) electrons. The van der Waals surface area contributed by atoms with Crippen LogP contribution in [0, 0.1) is 5.92 Å². The Balaban J connectivity index is 1.70. The largest absolute Gasteiger partial charge is 0.384 e. The van der Waals surface area contributed by atoms with Gasteiger partial charge in [0.1, 0.15) is 0 Å². The van der Waals surface area contributed by atoms with Gasteiger partial charge in [0, 0.05) is 38.9 Å². The number of likely N-dealkylation sites (tertiary alicyclic amines) is 1. The molecule has 2 heterocycles. The molecule has 2 saturated heterocycles. The van der Waals surface area contributed by atoms with Crippen molar-refractivity contribution in [3.8, 4) is 0 Å². The van der Waals surface area contributed by atoms with Crippen LogP contribution in [0.25, 0.3) is 0 Å². The van der Waals surface area contributed by atoms with Crippen LogP contribution in [0.4, 0.5) is 0 Å². The van der Waals surface area contributed by atoms with E-state index in [-0.39, 0.29) is 10.8 Å². The number of benzene rings is 1. The molecule has 2 aliphatic rings. The highest BCUT2D eigenvalue weighted by molar-refractivity contribution is 7.89. The Bertz CT molecular complexity index is 694. The summed E-state index contributed by atoms with van der Waals surface area (Å²) in [5, 5.41) is 0. The van der Waals surface area contributed by atoms with Crippen LogP contribution in [0.1, 0.15) is 36.0 Å². The van der Waals surface area contributed by atoms with Crippen molar-refractivity contribution < 1.29 is 17.9 Å². The summed E-state index contributed by atoms with van der Waals surface area (Å²) < 4.78 is 31.8. The molecule has 7 heteroatoms. The van der Waals surface area contributed by atoms with E-state index in [0.717, 1.165) is 32.2 Å². The Morgan fingerprint density at radius 3 is 2.44 bits per heavy atom. The maximum atomic E-state index is 12.7. The number of methoxy groups -OCH3 is 1. The molecule has 1 aromatic rings. The van der Waals surface area contributed by atoms with Crippen LogP contribution < -0.4 is 0 Å². The lowest BCUT2D eigenvalue weighted by atomic mass is 9.98. The molecule has 2 fully saturated rings. The number of nitrogens with zero attached hydrogens (tertiary/aromatic N) is 2. The molecule has 3 rings (SSSR count). The van der Waals surface area contributed by atoms with Crippen LogP contribution in [0.15, 0.2) is 29.2 Å². The Kier molecular flexibility index (Phi) is 5.76. The molecule has 0 saturated carbocycles. The smallest absolute Gasteiger partial charge is 0.253 e. The Hall–Kier alpha value is -1.44. The highest BCUT2D eigenvalue weighted by Gasteiger charge is 2.28. The number of carbonyl (C=O) groups is 1. The van der Waals surface area contributed by atoms with E-state index in [2.05, 4.69) is 0 Å². The quantitative estimate of drug-likeness (QED) is 0.799.